The van der Waals surface area contributed by atoms with E-state index in [-0.39, 0.29) is 6.10 Å². The summed E-state index contributed by atoms with van der Waals surface area (Å²) in [5, 5.41) is 0.833. The van der Waals surface area contributed by atoms with Gasteiger partial charge in [0.25, 0.3) is 0 Å². The van der Waals surface area contributed by atoms with Gasteiger partial charge in [-0.25, -0.2) is 0 Å². The number of methoxy groups -OCH3 is 1. The average Bonchev–Trinajstić information content (AvgIpc) is 2.48. The van der Waals surface area contributed by atoms with E-state index in [1.165, 1.54) is 24.8 Å². The molecular weight excluding hydrogens is 316 g/mol. The number of hydrogen-bond donors (Lipinski definition) is 0. The van der Waals surface area contributed by atoms with E-state index in [2.05, 4.69) is 41.9 Å². The van der Waals surface area contributed by atoms with Crippen LogP contribution in [0.1, 0.15) is 44.8 Å². The molecule has 3 heteroatoms. The van der Waals surface area contributed by atoms with Gasteiger partial charge in [-0.2, -0.15) is 0 Å². The van der Waals surface area contributed by atoms with E-state index in [0.717, 1.165) is 22.9 Å². The van der Waals surface area contributed by atoms with Crippen LogP contribution in [0.2, 0.25) is 0 Å². The van der Waals surface area contributed by atoms with Gasteiger partial charge in [-0.1, -0.05) is 41.9 Å². The van der Waals surface area contributed by atoms with Crippen molar-refractivity contribution in [3.05, 3.63) is 29.8 Å². The van der Waals surface area contributed by atoms with E-state index in [4.69, 9.17) is 9.47 Å². The molecule has 4 atom stereocenters. The summed E-state index contributed by atoms with van der Waals surface area (Å²) >= 11 is 3.59. The van der Waals surface area contributed by atoms with Crippen molar-refractivity contribution in [1.29, 1.82) is 0 Å². The van der Waals surface area contributed by atoms with Gasteiger partial charge in [0.2, 0.25) is 0 Å². The van der Waals surface area contributed by atoms with Crippen LogP contribution >= 0.6 is 15.9 Å². The molecule has 2 rings (SSSR count). The number of ether oxygens (including phenoxy) is 2. The zero-order valence-corrected chi connectivity index (χ0v) is 14.2. The third-order valence-corrected chi connectivity index (χ3v) is 5.12. The van der Waals surface area contributed by atoms with Crippen LogP contribution < -0.4 is 4.74 Å². The number of benzene rings is 1. The SMILES string of the molecule is COc1ccc(C(CBr)OC2CCC(C)C(C)C2)cc1. The Labute approximate surface area is 131 Å². The summed E-state index contributed by atoms with van der Waals surface area (Å²) in [6.45, 7) is 4.70. The molecule has 0 N–H and O–H groups in total. The molecule has 1 fully saturated rings. The molecule has 1 aliphatic rings. The van der Waals surface area contributed by atoms with Crippen molar-refractivity contribution in [2.45, 2.75) is 45.3 Å². The minimum absolute atomic E-state index is 0.131. The molecule has 1 aliphatic carbocycles. The zero-order valence-electron chi connectivity index (χ0n) is 12.6. The number of hydrogen-bond acceptors (Lipinski definition) is 2. The Bertz CT molecular complexity index is 404. The zero-order chi connectivity index (χ0) is 14.5. The third-order valence-electron chi connectivity index (χ3n) is 4.53. The minimum Gasteiger partial charge on any atom is -0.497 e. The maximum atomic E-state index is 6.33. The molecule has 0 spiro atoms. The smallest absolute Gasteiger partial charge is 0.118 e. The lowest BCUT2D eigenvalue weighted by atomic mass is 9.80. The second-order valence-electron chi connectivity index (χ2n) is 5.94. The van der Waals surface area contributed by atoms with Gasteiger partial charge in [0.05, 0.1) is 19.3 Å². The van der Waals surface area contributed by atoms with Crippen molar-refractivity contribution in [1.82, 2.24) is 0 Å². The fraction of sp³-hybridized carbons (Fsp3) is 0.647. The van der Waals surface area contributed by atoms with Crippen molar-refractivity contribution in [2.75, 3.05) is 12.4 Å². The van der Waals surface area contributed by atoms with Gasteiger partial charge in [0.15, 0.2) is 0 Å². The Morgan fingerprint density at radius 2 is 1.85 bits per heavy atom. The number of alkyl halides is 1. The van der Waals surface area contributed by atoms with E-state index in [9.17, 15) is 0 Å². The molecule has 0 radical (unpaired) electrons. The molecule has 0 bridgehead atoms. The van der Waals surface area contributed by atoms with Gasteiger partial charge in [0, 0.05) is 5.33 Å². The highest BCUT2D eigenvalue weighted by Gasteiger charge is 2.27. The summed E-state index contributed by atoms with van der Waals surface area (Å²) in [6, 6.07) is 8.19. The molecule has 0 aromatic heterocycles. The van der Waals surface area contributed by atoms with Crippen LogP contribution in [0.25, 0.3) is 0 Å². The fourth-order valence-corrected chi connectivity index (χ4v) is 3.40. The topological polar surface area (TPSA) is 18.5 Å². The van der Waals surface area contributed by atoms with E-state index >= 15 is 0 Å². The van der Waals surface area contributed by atoms with Crippen molar-refractivity contribution < 1.29 is 9.47 Å². The first-order valence-corrected chi connectivity index (χ1v) is 8.61. The Morgan fingerprint density at radius 1 is 1.15 bits per heavy atom. The quantitative estimate of drug-likeness (QED) is 0.704. The summed E-state index contributed by atoms with van der Waals surface area (Å²) in [5.41, 5.74) is 1.22. The Kier molecular flexibility index (Phi) is 5.91. The maximum Gasteiger partial charge on any atom is 0.118 e. The highest BCUT2D eigenvalue weighted by Crippen LogP contribution is 2.34. The summed E-state index contributed by atoms with van der Waals surface area (Å²) in [5.74, 6) is 2.49. The lowest BCUT2D eigenvalue weighted by Gasteiger charge is -2.34. The van der Waals surface area contributed by atoms with Crippen LogP contribution in [0.15, 0.2) is 24.3 Å². The summed E-state index contributed by atoms with van der Waals surface area (Å²) in [7, 11) is 1.69. The van der Waals surface area contributed by atoms with E-state index < -0.39 is 0 Å². The second kappa shape index (κ2) is 7.46. The summed E-state index contributed by atoms with van der Waals surface area (Å²) in [4.78, 5) is 0. The van der Waals surface area contributed by atoms with Gasteiger partial charge < -0.3 is 9.47 Å². The molecule has 2 nitrogen and oxygen atoms in total. The first-order chi connectivity index (χ1) is 9.63. The van der Waals surface area contributed by atoms with Crippen LogP contribution in [0.3, 0.4) is 0 Å². The summed E-state index contributed by atoms with van der Waals surface area (Å²) < 4.78 is 11.5. The second-order valence-corrected chi connectivity index (χ2v) is 6.59. The van der Waals surface area contributed by atoms with Gasteiger partial charge in [-0.05, 0) is 48.8 Å². The number of halogens is 1. The van der Waals surface area contributed by atoms with Crippen molar-refractivity contribution in [2.24, 2.45) is 11.8 Å². The van der Waals surface area contributed by atoms with Gasteiger partial charge in [0.1, 0.15) is 5.75 Å². The molecule has 112 valence electrons. The van der Waals surface area contributed by atoms with E-state index in [0.29, 0.717) is 6.10 Å². The highest BCUT2D eigenvalue weighted by atomic mass is 79.9. The molecule has 20 heavy (non-hydrogen) atoms. The van der Waals surface area contributed by atoms with Gasteiger partial charge >= 0.3 is 0 Å². The van der Waals surface area contributed by atoms with Crippen LogP contribution in [-0.4, -0.2) is 18.5 Å². The Hall–Kier alpha value is -0.540. The first kappa shape index (κ1) is 15.8. The minimum atomic E-state index is 0.131. The monoisotopic (exact) mass is 340 g/mol. The first-order valence-electron chi connectivity index (χ1n) is 7.49. The van der Waals surface area contributed by atoms with Gasteiger partial charge in [-0.15, -0.1) is 0 Å². The molecule has 0 heterocycles. The number of rotatable bonds is 5. The molecule has 1 aromatic carbocycles. The van der Waals surface area contributed by atoms with Gasteiger partial charge in [-0.3, -0.25) is 0 Å². The van der Waals surface area contributed by atoms with Crippen LogP contribution in [0, 0.1) is 11.8 Å². The third kappa shape index (κ3) is 3.98. The standard InChI is InChI=1S/C17H25BrO2/c1-12-4-7-16(10-13(12)2)20-17(11-18)14-5-8-15(19-3)9-6-14/h5-6,8-9,12-13,16-17H,4,7,10-11H2,1-3H3. The average molecular weight is 341 g/mol. The maximum absolute atomic E-state index is 6.33. The fourth-order valence-electron chi connectivity index (χ4n) is 2.88. The van der Waals surface area contributed by atoms with Crippen LogP contribution in [0.4, 0.5) is 0 Å². The summed E-state index contributed by atoms with van der Waals surface area (Å²) in [6.07, 6.45) is 4.17. The predicted octanol–water partition coefficient (Wildman–Crippen LogP) is 4.97. The Balaban J connectivity index is 1.97. The van der Waals surface area contributed by atoms with E-state index in [1.54, 1.807) is 7.11 Å². The lowest BCUT2D eigenvalue weighted by molar-refractivity contribution is -0.0384. The van der Waals surface area contributed by atoms with E-state index in [1.807, 2.05) is 12.1 Å². The largest absolute Gasteiger partial charge is 0.497 e. The Morgan fingerprint density at radius 3 is 2.40 bits per heavy atom. The molecular formula is C17H25BrO2. The predicted molar refractivity (Wildman–Crippen MR) is 86.6 cm³/mol. The molecule has 1 aromatic rings. The van der Waals surface area contributed by atoms with Crippen molar-refractivity contribution in [3.63, 3.8) is 0 Å². The van der Waals surface area contributed by atoms with Crippen LogP contribution in [0.5, 0.6) is 5.75 Å². The molecule has 0 amide bonds. The molecule has 0 aliphatic heterocycles. The molecule has 1 saturated carbocycles. The van der Waals surface area contributed by atoms with Crippen LogP contribution in [-0.2, 0) is 4.74 Å². The van der Waals surface area contributed by atoms with Crippen molar-refractivity contribution in [3.8, 4) is 5.75 Å². The lowest BCUT2D eigenvalue weighted by Crippen LogP contribution is -2.28. The molecule has 4 unspecified atom stereocenters. The highest BCUT2D eigenvalue weighted by molar-refractivity contribution is 9.09. The normalized spacial score (nSPS) is 28.1. The van der Waals surface area contributed by atoms with Crippen molar-refractivity contribution >= 4 is 15.9 Å². The molecule has 0 saturated heterocycles.